The van der Waals surface area contributed by atoms with E-state index in [1.54, 1.807) is 0 Å². The smallest absolute Gasteiger partial charge is 0.399 e. The molecule has 0 saturated heterocycles. The van der Waals surface area contributed by atoms with Crippen LogP contribution in [-0.4, -0.2) is 14.2 Å². The molecule has 0 atom stereocenters. The normalized spacial score (nSPS) is 12.6. The monoisotopic (exact) mass is 295 g/mol. The van der Waals surface area contributed by atoms with E-state index in [0.29, 0.717) is 12.8 Å². The molecule has 0 saturated carbocycles. The standard InChI is InChI=1S/C12H16F3NO2S/c1-2-3-6-19(17,18)8-9-4-5-10(16)7-11(9)12(13,14)15/h4-5,7H,2-3,6,8,16H2,1H3. The molecule has 3 nitrogen and oxygen atoms in total. The van der Waals surface area contributed by atoms with Gasteiger partial charge in [-0.05, 0) is 24.1 Å². The van der Waals surface area contributed by atoms with Gasteiger partial charge in [0.15, 0.2) is 9.84 Å². The highest BCUT2D eigenvalue weighted by Crippen LogP contribution is 2.34. The summed E-state index contributed by atoms with van der Waals surface area (Å²) in [7, 11) is -3.53. The highest BCUT2D eigenvalue weighted by Gasteiger charge is 2.34. The molecule has 0 heterocycles. The van der Waals surface area contributed by atoms with E-state index in [0.717, 1.165) is 12.1 Å². The van der Waals surface area contributed by atoms with Crippen LogP contribution in [0.25, 0.3) is 0 Å². The Balaban J connectivity index is 3.08. The van der Waals surface area contributed by atoms with Crippen LogP contribution in [-0.2, 0) is 21.8 Å². The second kappa shape index (κ2) is 5.81. The molecule has 0 radical (unpaired) electrons. The van der Waals surface area contributed by atoms with Gasteiger partial charge in [-0.3, -0.25) is 0 Å². The van der Waals surface area contributed by atoms with E-state index in [2.05, 4.69) is 0 Å². The average Bonchev–Trinajstić information content (AvgIpc) is 2.27. The molecule has 0 fully saturated rings. The number of anilines is 1. The number of benzene rings is 1. The summed E-state index contributed by atoms with van der Waals surface area (Å²) in [5.74, 6) is -0.715. The second-order valence-corrected chi connectivity index (χ2v) is 6.54. The van der Waals surface area contributed by atoms with Gasteiger partial charge in [0.1, 0.15) is 0 Å². The molecule has 19 heavy (non-hydrogen) atoms. The molecule has 1 aromatic rings. The van der Waals surface area contributed by atoms with E-state index >= 15 is 0 Å². The number of hydrogen-bond acceptors (Lipinski definition) is 3. The van der Waals surface area contributed by atoms with Crippen LogP contribution in [0.4, 0.5) is 18.9 Å². The van der Waals surface area contributed by atoms with Crippen molar-refractivity contribution in [2.45, 2.75) is 31.7 Å². The lowest BCUT2D eigenvalue weighted by Gasteiger charge is -2.13. The Morgan fingerprint density at radius 1 is 1.26 bits per heavy atom. The van der Waals surface area contributed by atoms with Crippen LogP contribution in [0.5, 0.6) is 0 Å². The Hall–Kier alpha value is -1.24. The van der Waals surface area contributed by atoms with Gasteiger partial charge in [-0.25, -0.2) is 8.42 Å². The minimum Gasteiger partial charge on any atom is -0.399 e. The molecule has 108 valence electrons. The molecule has 0 bridgehead atoms. The van der Waals surface area contributed by atoms with E-state index in [1.807, 2.05) is 6.92 Å². The SMILES string of the molecule is CCCCS(=O)(=O)Cc1ccc(N)cc1C(F)(F)F. The highest BCUT2D eigenvalue weighted by molar-refractivity contribution is 7.90. The lowest BCUT2D eigenvalue weighted by atomic mass is 10.1. The number of sulfone groups is 1. The minimum absolute atomic E-state index is 0.0398. The lowest BCUT2D eigenvalue weighted by Crippen LogP contribution is -2.15. The summed E-state index contributed by atoms with van der Waals surface area (Å²) >= 11 is 0. The minimum atomic E-state index is -4.61. The van der Waals surface area contributed by atoms with Crippen molar-refractivity contribution in [3.63, 3.8) is 0 Å². The van der Waals surface area contributed by atoms with Gasteiger partial charge in [-0.2, -0.15) is 13.2 Å². The molecule has 0 unspecified atom stereocenters. The predicted molar refractivity (Wildman–Crippen MR) is 68.3 cm³/mol. The zero-order valence-electron chi connectivity index (χ0n) is 10.5. The Labute approximate surface area is 110 Å². The van der Waals surface area contributed by atoms with Crippen LogP contribution in [0.3, 0.4) is 0 Å². The molecular formula is C12H16F3NO2S. The summed E-state index contributed by atoms with van der Waals surface area (Å²) in [4.78, 5) is 0. The maximum absolute atomic E-state index is 12.8. The van der Waals surface area contributed by atoms with Gasteiger partial charge >= 0.3 is 6.18 Å². The van der Waals surface area contributed by atoms with E-state index in [9.17, 15) is 21.6 Å². The van der Waals surface area contributed by atoms with Gasteiger partial charge in [0.25, 0.3) is 0 Å². The van der Waals surface area contributed by atoms with E-state index < -0.39 is 27.3 Å². The average molecular weight is 295 g/mol. The van der Waals surface area contributed by atoms with Crippen molar-refractivity contribution in [1.82, 2.24) is 0 Å². The van der Waals surface area contributed by atoms with Crippen LogP contribution < -0.4 is 5.73 Å². The number of alkyl halides is 3. The van der Waals surface area contributed by atoms with Crippen LogP contribution in [0.2, 0.25) is 0 Å². The van der Waals surface area contributed by atoms with Gasteiger partial charge < -0.3 is 5.73 Å². The van der Waals surface area contributed by atoms with E-state index in [1.165, 1.54) is 6.07 Å². The number of rotatable bonds is 5. The van der Waals surface area contributed by atoms with Gasteiger partial charge in [0.2, 0.25) is 0 Å². The maximum Gasteiger partial charge on any atom is 0.416 e. The maximum atomic E-state index is 12.8. The molecular weight excluding hydrogens is 279 g/mol. The first-order valence-corrected chi connectivity index (χ1v) is 7.64. The lowest BCUT2D eigenvalue weighted by molar-refractivity contribution is -0.138. The second-order valence-electron chi connectivity index (χ2n) is 4.36. The Morgan fingerprint density at radius 2 is 1.89 bits per heavy atom. The van der Waals surface area contributed by atoms with Crippen molar-refractivity contribution in [2.24, 2.45) is 0 Å². The highest BCUT2D eigenvalue weighted by atomic mass is 32.2. The summed E-state index contributed by atoms with van der Waals surface area (Å²) in [6.45, 7) is 1.82. The number of nitrogens with two attached hydrogens (primary N) is 1. The third-order valence-corrected chi connectivity index (χ3v) is 4.29. The summed E-state index contributed by atoms with van der Waals surface area (Å²) in [5, 5.41) is 0. The van der Waals surface area contributed by atoms with Crippen molar-refractivity contribution >= 4 is 15.5 Å². The van der Waals surface area contributed by atoms with Gasteiger partial charge in [-0.1, -0.05) is 19.4 Å². The molecule has 1 rings (SSSR count). The topological polar surface area (TPSA) is 60.2 Å². The number of unbranched alkanes of at least 4 members (excludes halogenated alkanes) is 1. The fraction of sp³-hybridized carbons (Fsp3) is 0.500. The molecule has 7 heteroatoms. The molecule has 0 aromatic heterocycles. The third kappa shape index (κ3) is 4.74. The van der Waals surface area contributed by atoms with Crippen LogP contribution in [0.15, 0.2) is 18.2 Å². The molecule has 2 N–H and O–H groups in total. The number of halogens is 3. The quantitative estimate of drug-likeness (QED) is 0.849. The van der Waals surface area contributed by atoms with Gasteiger partial charge in [0.05, 0.1) is 17.1 Å². The molecule has 0 aliphatic heterocycles. The molecule has 0 aliphatic carbocycles. The summed E-state index contributed by atoms with van der Waals surface area (Å²) in [6, 6.07) is 3.17. The first kappa shape index (κ1) is 15.8. The van der Waals surface area contributed by atoms with E-state index in [4.69, 9.17) is 5.73 Å². The van der Waals surface area contributed by atoms with Crippen molar-refractivity contribution < 1.29 is 21.6 Å². The largest absolute Gasteiger partial charge is 0.416 e. The predicted octanol–water partition coefficient (Wildman–Crippen LogP) is 3.00. The summed E-state index contributed by atoms with van der Waals surface area (Å²) < 4.78 is 61.9. The van der Waals surface area contributed by atoms with Crippen LogP contribution in [0.1, 0.15) is 30.9 Å². The van der Waals surface area contributed by atoms with Gasteiger partial charge in [-0.15, -0.1) is 0 Å². The zero-order chi connectivity index (χ0) is 14.7. The molecule has 0 spiro atoms. The Kier molecular flexibility index (Phi) is 4.84. The molecule has 0 aliphatic rings. The first-order chi connectivity index (χ1) is 8.65. The van der Waals surface area contributed by atoms with Crippen molar-refractivity contribution in [3.8, 4) is 0 Å². The van der Waals surface area contributed by atoms with Crippen molar-refractivity contribution in [3.05, 3.63) is 29.3 Å². The Morgan fingerprint density at radius 3 is 2.42 bits per heavy atom. The van der Waals surface area contributed by atoms with Gasteiger partial charge in [0, 0.05) is 5.69 Å². The summed E-state index contributed by atoms with van der Waals surface area (Å²) in [6.07, 6.45) is -3.49. The zero-order valence-corrected chi connectivity index (χ0v) is 11.3. The first-order valence-electron chi connectivity index (χ1n) is 5.81. The van der Waals surface area contributed by atoms with Crippen molar-refractivity contribution in [2.75, 3.05) is 11.5 Å². The van der Waals surface area contributed by atoms with Crippen molar-refractivity contribution in [1.29, 1.82) is 0 Å². The third-order valence-electron chi connectivity index (χ3n) is 2.62. The Bertz CT molecular complexity index is 538. The molecule has 0 amide bonds. The fourth-order valence-electron chi connectivity index (χ4n) is 1.66. The number of hydrogen-bond donors (Lipinski definition) is 1. The fourth-order valence-corrected chi connectivity index (χ4v) is 3.26. The van der Waals surface area contributed by atoms with E-state index in [-0.39, 0.29) is 17.0 Å². The number of nitrogen functional groups attached to an aromatic ring is 1. The summed E-state index contributed by atoms with van der Waals surface area (Å²) in [5.41, 5.74) is 4.05. The van der Waals surface area contributed by atoms with Crippen LogP contribution in [0, 0.1) is 0 Å². The van der Waals surface area contributed by atoms with Crippen LogP contribution >= 0.6 is 0 Å². The molecule has 1 aromatic carbocycles.